The Labute approximate surface area is 155 Å². The van der Waals surface area contributed by atoms with Crippen LogP contribution in [0.25, 0.3) is 10.9 Å². The average Bonchev–Trinajstić information content (AvgIpc) is 2.70. The highest BCUT2D eigenvalue weighted by atomic mass is 32.2. The molecule has 0 aliphatic rings. The predicted molar refractivity (Wildman–Crippen MR) is 99.9 cm³/mol. The second-order valence-corrected chi connectivity index (χ2v) is 6.41. The molecule has 1 amide bonds. The number of hydrogen-bond donors (Lipinski definition) is 1. The van der Waals surface area contributed by atoms with Crippen molar-refractivity contribution < 1.29 is 14.3 Å². The van der Waals surface area contributed by atoms with Gasteiger partial charge in [0, 0.05) is 11.9 Å². The van der Waals surface area contributed by atoms with Crippen LogP contribution in [-0.2, 0) is 16.1 Å². The molecule has 132 valence electrons. The number of benzene rings is 2. The number of methoxy groups -OCH3 is 1. The maximum Gasteiger partial charge on any atom is 0.337 e. The number of hydrogen-bond acceptors (Lipinski definition) is 6. The van der Waals surface area contributed by atoms with Crippen LogP contribution in [0.1, 0.15) is 15.9 Å². The van der Waals surface area contributed by atoms with Crippen molar-refractivity contribution in [1.82, 2.24) is 15.3 Å². The molecule has 0 saturated carbocycles. The number of thioether (sulfide) groups is 1. The van der Waals surface area contributed by atoms with Gasteiger partial charge in [0.25, 0.3) is 0 Å². The zero-order valence-corrected chi connectivity index (χ0v) is 15.0. The lowest BCUT2D eigenvalue weighted by Crippen LogP contribution is -2.24. The van der Waals surface area contributed by atoms with Gasteiger partial charge in [0.15, 0.2) is 0 Å². The van der Waals surface area contributed by atoms with Crippen molar-refractivity contribution in [2.24, 2.45) is 0 Å². The molecule has 6 nitrogen and oxygen atoms in total. The number of aromatic nitrogens is 2. The lowest BCUT2D eigenvalue weighted by molar-refractivity contribution is -0.118. The van der Waals surface area contributed by atoms with Gasteiger partial charge in [0.05, 0.1) is 23.9 Å². The Morgan fingerprint density at radius 2 is 1.85 bits per heavy atom. The van der Waals surface area contributed by atoms with E-state index in [1.165, 1.54) is 25.2 Å². The SMILES string of the molecule is COC(=O)c1ccc(CNC(=O)CSc2ncnc3ccccc23)cc1. The highest BCUT2D eigenvalue weighted by Crippen LogP contribution is 2.23. The number of rotatable bonds is 6. The number of amides is 1. The lowest BCUT2D eigenvalue weighted by Gasteiger charge is -2.07. The third-order valence-electron chi connectivity index (χ3n) is 3.71. The van der Waals surface area contributed by atoms with E-state index in [0.29, 0.717) is 12.1 Å². The van der Waals surface area contributed by atoms with Gasteiger partial charge in [-0.25, -0.2) is 14.8 Å². The smallest absolute Gasteiger partial charge is 0.337 e. The summed E-state index contributed by atoms with van der Waals surface area (Å²) in [6.45, 7) is 0.394. The number of fused-ring (bicyclic) bond motifs is 1. The van der Waals surface area contributed by atoms with Crippen LogP contribution in [-0.4, -0.2) is 34.7 Å². The fourth-order valence-electron chi connectivity index (χ4n) is 2.36. The molecule has 0 radical (unpaired) electrons. The van der Waals surface area contributed by atoms with E-state index >= 15 is 0 Å². The van der Waals surface area contributed by atoms with Crippen molar-refractivity contribution in [3.8, 4) is 0 Å². The number of nitrogens with zero attached hydrogens (tertiary/aromatic N) is 2. The summed E-state index contributed by atoms with van der Waals surface area (Å²) in [5.41, 5.74) is 2.24. The quantitative estimate of drug-likeness (QED) is 0.410. The van der Waals surface area contributed by atoms with Crippen LogP contribution in [0.5, 0.6) is 0 Å². The number of para-hydroxylation sites is 1. The number of ether oxygens (including phenoxy) is 1. The zero-order valence-electron chi connectivity index (χ0n) is 14.1. The molecule has 1 aromatic heterocycles. The van der Waals surface area contributed by atoms with Crippen LogP contribution >= 0.6 is 11.8 Å². The Morgan fingerprint density at radius 1 is 1.08 bits per heavy atom. The van der Waals surface area contributed by atoms with E-state index in [9.17, 15) is 9.59 Å². The largest absolute Gasteiger partial charge is 0.465 e. The summed E-state index contributed by atoms with van der Waals surface area (Å²) < 4.78 is 4.66. The molecule has 0 atom stereocenters. The number of esters is 1. The summed E-state index contributed by atoms with van der Waals surface area (Å²) >= 11 is 1.38. The van der Waals surface area contributed by atoms with E-state index < -0.39 is 0 Å². The lowest BCUT2D eigenvalue weighted by atomic mass is 10.1. The molecule has 0 aliphatic heterocycles. The van der Waals surface area contributed by atoms with Gasteiger partial charge in [0.2, 0.25) is 5.91 Å². The second-order valence-electron chi connectivity index (χ2n) is 5.45. The third kappa shape index (κ3) is 4.37. The van der Waals surface area contributed by atoms with Gasteiger partial charge in [-0.15, -0.1) is 0 Å². The van der Waals surface area contributed by atoms with Crippen molar-refractivity contribution in [2.75, 3.05) is 12.9 Å². The van der Waals surface area contributed by atoms with Crippen LogP contribution in [0.3, 0.4) is 0 Å². The summed E-state index contributed by atoms with van der Waals surface area (Å²) in [5, 5.41) is 4.58. The van der Waals surface area contributed by atoms with Crippen LogP contribution in [0.4, 0.5) is 0 Å². The van der Waals surface area contributed by atoms with Gasteiger partial charge in [-0.05, 0) is 23.8 Å². The Bertz CT molecular complexity index is 923. The minimum absolute atomic E-state index is 0.0882. The van der Waals surface area contributed by atoms with E-state index in [1.807, 2.05) is 24.3 Å². The predicted octanol–water partition coefficient (Wildman–Crippen LogP) is 2.82. The first kappa shape index (κ1) is 17.9. The molecule has 0 spiro atoms. The van der Waals surface area contributed by atoms with E-state index in [1.54, 1.807) is 24.3 Å². The molecule has 7 heteroatoms. The Kier molecular flexibility index (Phi) is 5.80. The van der Waals surface area contributed by atoms with Crippen LogP contribution in [0.15, 0.2) is 59.9 Å². The molecular formula is C19H17N3O3S. The molecule has 0 aliphatic carbocycles. The first-order valence-electron chi connectivity index (χ1n) is 7.94. The second kappa shape index (κ2) is 8.44. The molecule has 3 rings (SSSR count). The van der Waals surface area contributed by atoms with Crippen molar-refractivity contribution >= 4 is 34.5 Å². The molecule has 0 saturated heterocycles. The molecule has 2 aromatic carbocycles. The van der Waals surface area contributed by atoms with Gasteiger partial charge in [-0.2, -0.15) is 0 Å². The monoisotopic (exact) mass is 367 g/mol. The number of carbonyl (C=O) groups is 2. The van der Waals surface area contributed by atoms with Gasteiger partial charge < -0.3 is 10.1 Å². The Hall–Kier alpha value is -2.93. The number of carbonyl (C=O) groups excluding carboxylic acids is 2. The maximum atomic E-state index is 12.1. The molecular weight excluding hydrogens is 350 g/mol. The summed E-state index contributed by atoms with van der Waals surface area (Å²) in [4.78, 5) is 32.0. The van der Waals surface area contributed by atoms with Gasteiger partial charge in [-0.1, -0.05) is 42.1 Å². The summed E-state index contributed by atoms with van der Waals surface area (Å²) in [6, 6.07) is 14.6. The van der Waals surface area contributed by atoms with Crippen molar-refractivity contribution in [3.63, 3.8) is 0 Å². The minimum atomic E-state index is -0.380. The van der Waals surface area contributed by atoms with Crippen LogP contribution < -0.4 is 5.32 Å². The van der Waals surface area contributed by atoms with Crippen molar-refractivity contribution in [1.29, 1.82) is 0 Å². The van der Waals surface area contributed by atoms with Gasteiger partial charge >= 0.3 is 5.97 Å². The van der Waals surface area contributed by atoms with E-state index in [4.69, 9.17) is 0 Å². The number of nitrogens with one attached hydrogen (secondary N) is 1. The highest BCUT2D eigenvalue weighted by Gasteiger charge is 2.08. The van der Waals surface area contributed by atoms with E-state index in [-0.39, 0.29) is 17.6 Å². The third-order valence-corrected chi connectivity index (χ3v) is 4.72. The summed E-state index contributed by atoms with van der Waals surface area (Å²) in [6.07, 6.45) is 1.51. The molecule has 26 heavy (non-hydrogen) atoms. The standard InChI is InChI=1S/C19H17N3O3S/c1-25-19(24)14-8-6-13(7-9-14)10-20-17(23)11-26-18-15-4-2-3-5-16(15)21-12-22-18/h2-9,12H,10-11H2,1H3,(H,20,23). The highest BCUT2D eigenvalue weighted by molar-refractivity contribution is 8.00. The van der Waals surface area contributed by atoms with E-state index in [2.05, 4.69) is 20.0 Å². The Morgan fingerprint density at radius 3 is 2.62 bits per heavy atom. The average molecular weight is 367 g/mol. The molecule has 1 heterocycles. The van der Waals surface area contributed by atoms with Gasteiger partial charge in [0.1, 0.15) is 11.4 Å². The minimum Gasteiger partial charge on any atom is -0.465 e. The topological polar surface area (TPSA) is 81.2 Å². The fourth-order valence-corrected chi connectivity index (χ4v) is 3.18. The van der Waals surface area contributed by atoms with Gasteiger partial charge in [-0.3, -0.25) is 4.79 Å². The Balaban J connectivity index is 1.53. The molecule has 1 N–H and O–H groups in total. The zero-order chi connectivity index (χ0) is 18.4. The van der Waals surface area contributed by atoms with Crippen molar-refractivity contribution in [2.45, 2.75) is 11.6 Å². The molecule has 0 bridgehead atoms. The molecule has 0 unspecified atom stereocenters. The summed E-state index contributed by atoms with van der Waals surface area (Å²) in [5.74, 6) is -0.204. The van der Waals surface area contributed by atoms with Crippen molar-refractivity contribution in [3.05, 3.63) is 66.0 Å². The fraction of sp³-hybridized carbons (Fsp3) is 0.158. The van der Waals surface area contributed by atoms with Crippen LogP contribution in [0.2, 0.25) is 0 Å². The first-order valence-corrected chi connectivity index (χ1v) is 8.92. The molecule has 3 aromatic rings. The normalized spacial score (nSPS) is 10.5. The van der Waals surface area contributed by atoms with Crippen LogP contribution in [0, 0.1) is 0 Å². The maximum absolute atomic E-state index is 12.1. The molecule has 0 fully saturated rings. The van der Waals surface area contributed by atoms with E-state index in [0.717, 1.165) is 21.5 Å². The first-order chi connectivity index (χ1) is 12.7. The summed E-state index contributed by atoms with van der Waals surface area (Å²) in [7, 11) is 1.34.